The SMILES string of the molecule is O=S(Cc1nc2ccccc2[nH]1)c1cccc[n+]1[O-]. The fourth-order valence-electron chi connectivity index (χ4n) is 1.86. The maximum Gasteiger partial charge on any atom is 0.281 e. The molecule has 1 aromatic carbocycles. The molecular formula is C13H11N3O2S. The Balaban J connectivity index is 1.89. The highest BCUT2D eigenvalue weighted by molar-refractivity contribution is 7.84. The lowest BCUT2D eigenvalue weighted by molar-refractivity contribution is -0.646. The Bertz CT molecular complexity index is 721. The van der Waals surface area contributed by atoms with Crippen molar-refractivity contribution in [2.24, 2.45) is 0 Å². The predicted molar refractivity (Wildman–Crippen MR) is 71.6 cm³/mol. The molecule has 2 heterocycles. The summed E-state index contributed by atoms with van der Waals surface area (Å²) in [4.78, 5) is 7.45. The first-order valence-corrected chi connectivity index (χ1v) is 7.06. The number of benzene rings is 1. The number of nitrogens with zero attached hydrogens (tertiary/aromatic N) is 2. The van der Waals surface area contributed by atoms with E-state index < -0.39 is 10.8 Å². The van der Waals surface area contributed by atoms with E-state index in [9.17, 15) is 9.42 Å². The van der Waals surface area contributed by atoms with Crippen LogP contribution in [-0.2, 0) is 16.6 Å². The zero-order chi connectivity index (χ0) is 13.2. The van der Waals surface area contributed by atoms with Crippen LogP contribution in [0.4, 0.5) is 0 Å². The van der Waals surface area contributed by atoms with Crippen LogP contribution in [0.1, 0.15) is 5.82 Å². The smallest absolute Gasteiger partial charge is 0.281 e. The molecule has 2 aromatic heterocycles. The van der Waals surface area contributed by atoms with E-state index in [1.165, 1.54) is 6.20 Å². The number of imidazole rings is 1. The quantitative estimate of drug-likeness (QED) is 0.580. The summed E-state index contributed by atoms with van der Waals surface area (Å²) in [6, 6.07) is 12.5. The van der Waals surface area contributed by atoms with E-state index in [0.29, 0.717) is 10.6 Å². The minimum Gasteiger partial charge on any atom is -0.618 e. The van der Waals surface area contributed by atoms with Crippen LogP contribution in [0, 0.1) is 5.21 Å². The molecular weight excluding hydrogens is 262 g/mol. The average Bonchev–Trinajstić information content (AvgIpc) is 2.81. The summed E-state index contributed by atoms with van der Waals surface area (Å²) in [6.45, 7) is 0. The molecule has 0 saturated heterocycles. The van der Waals surface area contributed by atoms with Gasteiger partial charge in [0.05, 0.1) is 16.8 Å². The Hall–Kier alpha value is -2.21. The highest BCUT2D eigenvalue weighted by Gasteiger charge is 2.15. The van der Waals surface area contributed by atoms with Crippen molar-refractivity contribution < 1.29 is 8.94 Å². The van der Waals surface area contributed by atoms with Crippen LogP contribution in [0.3, 0.4) is 0 Å². The third-order valence-electron chi connectivity index (χ3n) is 2.73. The number of para-hydroxylation sites is 2. The zero-order valence-electron chi connectivity index (χ0n) is 9.95. The molecule has 6 heteroatoms. The fourth-order valence-corrected chi connectivity index (χ4v) is 2.89. The van der Waals surface area contributed by atoms with Crippen molar-refractivity contribution in [3.63, 3.8) is 0 Å². The van der Waals surface area contributed by atoms with Crippen LogP contribution in [0.25, 0.3) is 11.0 Å². The normalized spacial score (nSPS) is 12.6. The Labute approximate surface area is 112 Å². The summed E-state index contributed by atoms with van der Waals surface area (Å²) in [5.74, 6) is 0.810. The standard InChI is InChI=1S/C13H11N3O2S/c17-16-8-4-3-7-13(16)19(18)9-12-14-10-5-1-2-6-11(10)15-12/h1-8H,9H2,(H,14,15). The van der Waals surface area contributed by atoms with Gasteiger partial charge in [0.2, 0.25) is 0 Å². The van der Waals surface area contributed by atoms with Crippen LogP contribution < -0.4 is 4.73 Å². The second-order valence-electron chi connectivity index (χ2n) is 4.06. The minimum atomic E-state index is -1.42. The predicted octanol–water partition coefficient (Wildman–Crippen LogP) is 1.50. The van der Waals surface area contributed by atoms with Crippen molar-refractivity contribution in [3.05, 3.63) is 59.7 Å². The Morgan fingerprint density at radius 1 is 1.21 bits per heavy atom. The summed E-state index contributed by atoms with van der Waals surface area (Å²) in [7, 11) is -1.42. The molecule has 1 N–H and O–H groups in total. The van der Waals surface area contributed by atoms with Gasteiger partial charge in [0.25, 0.3) is 5.03 Å². The first-order chi connectivity index (χ1) is 9.24. The molecule has 1 atom stereocenters. The number of hydrogen-bond acceptors (Lipinski definition) is 3. The van der Waals surface area contributed by atoms with Gasteiger partial charge >= 0.3 is 0 Å². The largest absolute Gasteiger partial charge is 0.618 e. The number of rotatable bonds is 3. The van der Waals surface area contributed by atoms with Gasteiger partial charge in [-0.05, 0) is 18.2 Å². The van der Waals surface area contributed by atoms with Crippen molar-refractivity contribution in [3.8, 4) is 0 Å². The number of aromatic nitrogens is 3. The number of pyridine rings is 1. The molecule has 0 spiro atoms. The second kappa shape index (κ2) is 4.81. The summed E-state index contributed by atoms with van der Waals surface area (Å²) < 4.78 is 12.8. The van der Waals surface area contributed by atoms with Crippen LogP contribution in [0.5, 0.6) is 0 Å². The number of hydrogen-bond donors (Lipinski definition) is 1. The lowest BCUT2D eigenvalue weighted by Gasteiger charge is -2.01. The van der Waals surface area contributed by atoms with Crippen molar-refractivity contribution in [1.82, 2.24) is 9.97 Å². The van der Waals surface area contributed by atoms with Gasteiger partial charge in [0.1, 0.15) is 16.6 Å². The maximum atomic E-state index is 12.1. The van der Waals surface area contributed by atoms with Gasteiger partial charge in [0.15, 0.2) is 6.20 Å². The molecule has 96 valence electrons. The molecule has 0 bridgehead atoms. The van der Waals surface area contributed by atoms with Crippen molar-refractivity contribution >= 4 is 21.8 Å². The zero-order valence-corrected chi connectivity index (χ0v) is 10.8. The number of fused-ring (bicyclic) bond motifs is 1. The molecule has 0 amide bonds. The van der Waals surface area contributed by atoms with Crippen molar-refractivity contribution in [1.29, 1.82) is 0 Å². The van der Waals surface area contributed by atoms with Gasteiger partial charge in [-0.25, -0.2) is 9.19 Å². The van der Waals surface area contributed by atoms with E-state index in [0.717, 1.165) is 11.0 Å². The third kappa shape index (κ3) is 2.34. The molecule has 19 heavy (non-hydrogen) atoms. The molecule has 0 saturated carbocycles. The van der Waals surface area contributed by atoms with Crippen LogP contribution >= 0.6 is 0 Å². The molecule has 0 radical (unpaired) electrons. The maximum absolute atomic E-state index is 12.1. The topological polar surface area (TPSA) is 72.7 Å². The van der Waals surface area contributed by atoms with Crippen LogP contribution in [0.2, 0.25) is 0 Å². The number of nitrogens with one attached hydrogen (secondary N) is 1. The van der Waals surface area contributed by atoms with E-state index in [1.807, 2.05) is 24.3 Å². The van der Waals surface area contributed by atoms with Gasteiger partial charge in [0, 0.05) is 12.1 Å². The first-order valence-electron chi connectivity index (χ1n) is 5.74. The lowest BCUT2D eigenvalue weighted by atomic mass is 10.3. The van der Waals surface area contributed by atoms with E-state index in [2.05, 4.69) is 9.97 Å². The highest BCUT2D eigenvalue weighted by Crippen LogP contribution is 2.13. The number of H-pyrrole nitrogens is 1. The van der Waals surface area contributed by atoms with E-state index in [-0.39, 0.29) is 10.8 Å². The van der Waals surface area contributed by atoms with Gasteiger partial charge in [-0.3, -0.25) is 0 Å². The summed E-state index contributed by atoms with van der Waals surface area (Å²) >= 11 is 0. The van der Waals surface area contributed by atoms with Crippen molar-refractivity contribution in [2.45, 2.75) is 10.8 Å². The summed E-state index contributed by atoms with van der Waals surface area (Å²) in [5.41, 5.74) is 1.73. The molecule has 0 aliphatic carbocycles. The molecule has 3 aromatic rings. The summed E-state index contributed by atoms with van der Waals surface area (Å²) in [6.07, 6.45) is 1.34. The van der Waals surface area contributed by atoms with E-state index in [4.69, 9.17) is 0 Å². The number of aromatic amines is 1. The molecule has 0 aliphatic heterocycles. The molecule has 3 rings (SSSR count). The Morgan fingerprint density at radius 3 is 2.79 bits per heavy atom. The van der Waals surface area contributed by atoms with Gasteiger partial charge in [-0.1, -0.05) is 12.1 Å². The molecule has 1 unspecified atom stereocenters. The minimum absolute atomic E-state index is 0.195. The van der Waals surface area contributed by atoms with Gasteiger partial charge in [-0.15, -0.1) is 0 Å². The van der Waals surface area contributed by atoms with Gasteiger partial charge < -0.3 is 10.2 Å². The average molecular weight is 273 g/mol. The Kier molecular flexibility index (Phi) is 3.00. The van der Waals surface area contributed by atoms with Crippen molar-refractivity contribution in [2.75, 3.05) is 0 Å². The fraction of sp³-hybridized carbons (Fsp3) is 0.0769. The van der Waals surface area contributed by atoms with Crippen LogP contribution in [-0.4, -0.2) is 14.2 Å². The molecule has 0 aliphatic rings. The molecule has 5 nitrogen and oxygen atoms in total. The summed E-state index contributed by atoms with van der Waals surface area (Å²) in [5, 5.41) is 11.8. The third-order valence-corrected chi connectivity index (χ3v) is 4.05. The second-order valence-corrected chi connectivity index (χ2v) is 5.45. The Morgan fingerprint density at radius 2 is 2.00 bits per heavy atom. The highest BCUT2D eigenvalue weighted by atomic mass is 32.2. The van der Waals surface area contributed by atoms with Gasteiger partial charge in [-0.2, -0.15) is 4.73 Å². The first kappa shape index (κ1) is 11.9. The van der Waals surface area contributed by atoms with E-state index in [1.54, 1.807) is 18.2 Å². The van der Waals surface area contributed by atoms with E-state index >= 15 is 0 Å². The van der Waals surface area contributed by atoms with Crippen LogP contribution in [0.15, 0.2) is 53.7 Å². The lowest BCUT2D eigenvalue weighted by Crippen LogP contribution is -2.31. The molecule has 0 fully saturated rings. The monoisotopic (exact) mass is 273 g/mol.